The monoisotopic (exact) mass is 262 g/mol. The summed E-state index contributed by atoms with van der Waals surface area (Å²) in [6.45, 7) is 0.951. The zero-order chi connectivity index (χ0) is 13.9. The molecular formula is C15H19FN2O. The lowest BCUT2D eigenvalue weighted by atomic mass is 10.0. The third kappa shape index (κ3) is 3.52. The van der Waals surface area contributed by atoms with E-state index in [1.165, 1.54) is 12.1 Å². The van der Waals surface area contributed by atoms with Gasteiger partial charge in [0.05, 0.1) is 17.2 Å². The van der Waals surface area contributed by atoms with E-state index in [-0.39, 0.29) is 5.82 Å². The number of hydrogen-bond donors (Lipinski definition) is 1. The van der Waals surface area contributed by atoms with Gasteiger partial charge in [0.1, 0.15) is 5.82 Å². The van der Waals surface area contributed by atoms with Crippen LogP contribution in [0.2, 0.25) is 0 Å². The summed E-state index contributed by atoms with van der Waals surface area (Å²) < 4.78 is 13.7. The van der Waals surface area contributed by atoms with Crippen LogP contribution in [-0.4, -0.2) is 29.2 Å². The molecule has 2 rings (SSSR count). The van der Waals surface area contributed by atoms with Gasteiger partial charge < -0.3 is 5.11 Å². The lowest BCUT2D eigenvalue weighted by molar-refractivity contribution is 0.0143. The molecule has 0 radical (unpaired) electrons. The van der Waals surface area contributed by atoms with Crippen molar-refractivity contribution >= 4 is 0 Å². The van der Waals surface area contributed by atoms with E-state index in [1.54, 1.807) is 6.07 Å². The summed E-state index contributed by atoms with van der Waals surface area (Å²) in [7, 11) is 1.87. The van der Waals surface area contributed by atoms with Crippen LogP contribution < -0.4 is 0 Å². The third-order valence-corrected chi connectivity index (χ3v) is 3.71. The molecule has 0 spiro atoms. The zero-order valence-electron chi connectivity index (χ0n) is 11.2. The van der Waals surface area contributed by atoms with Gasteiger partial charge in [-0.2, -0.15) is 5.26 Å². The van der Waals surface area contributed by atoms with Gasteiger partial charge in [-0.25, -0.2) is 4.39 Å². The lowest BCUT2D eigenvalue weighted by Gasteiger charge is -2.28. The van der Waals surface area contributed by atoms with Crippen LogP contribution in [0, 0.1) is 17.1 Å². The number of aliphatic hydroxyl groups is 1. The molecule has 1 saturated carbocycles. The summed E-state index contributed by atoms with van der Waals surface area (Å²) in [5.74, 6) is -0.302. The highest BCUT2D eigenvalue weighted by Gasteiger charge is 2.32. The Morgan fingerprint density at radius 3 is 2.74 bits per heavy atom. The molecule has 0 aromatic heterocycles. The van der Waals surface area contributed by atoms with Crippen LogP contribution in [0.1, 0.15) is 36.8 Å². The summed E-state index contributed by atoms with van der Waals surface area (Å²) in [5.41, 5.74) is 0.338. The van der Waals surface area contributed by atoms with E-state index in [9.17, 15) is 9.50 Å². The maximum absolute atomic E-state index is 13.7. The predicted molar refractivity (Wildman–Crippen MR) is 70.9 cm³/mol. The standard InChI is InChI=1S/C15H19FN2O/c1-18(11-15(19)6-2-3-7-15)10-13-8-12(9-17)4-5-14(13)16/h4-5,8,19H,2-3,6-7,10-11H2,1H3. The summed E-state index contributed by atoms with van der Waals surface area (Å²) in [6, 6.07) is 6.39. The molecule has 0 bridgehead atoms. The molecule has 1 aromatic rings. The van der Waals surface area contributed by atoms with Crippen molar-refractivity contribution in [1.82, 2.24) is 4.90 Å². The lowest BCUT2D eigenvalue weighted by Crippen LogP contribution is -2.38. The van der Waals surface area contributed by atoms with Crippen molar-refractivity contribution in [2.75, 3.05) is 13.6 Å². The Kier molecular flexibility index (Phi) is 4.18. The van der Waals surface area contributed by atoms with Crippen molar-refractivity contribution < 1.29 is 9.50 Å². The quantitative estimate of drug-likeness (QED) is 0.906. The van der Waals surface area contributed by atoms with Crippen molar-refractivity contribution in [3.63, 3.8) is 0 Å². The van der Waals surface area contributed by atoms with Crippen molar-refractivity contribution in [2.24, 2.45) is 0 Å². The molecule has 1 aromatic carbocycles. The second kappa shape index (κ2) is 5.68. The summed E-state index contributed by atoms with van der Waals surface area (Å²) in [5, 5.41) is 19.2. The highest BCUT2D eigenvalue weighted by atomic mass is 19.1. The second-order valence-electron chi connectivity index (χ2n) is 5.52. The first-order valence-electron chi connectivity index (χ1n) is 6.62. The van der Waals surface area contributed by atoms with Gasteiger partial charge in [0, 0.05) is 18.7 Å². The normalized spacial score (nSPS) is 17.6. The van der Waals surface area contributed by atoms with E-state index >= 15 is 0 Å². The molecule has 0 unspecified atom stereocenters. The first-order chi connectivity index (χ1) is 9.02. The number of hydrogen-bond acceptors (Lipinski definition) is 3. The average Bonchev–Trinajstić information content (AvgIpc) is 2.78. The van der Waals surface area contributed by atoms with Gasteiger partial charge in [-0.05, 0) is 38.1 Å². The molecule has 0 aliphatic heterocycles. The fourth-order valence-electron chi connectivity index (χ4n) is 2.81. The second-order valence-corrected chi connectivity index (χ2v) is 5.52. The Morgan fingerprint density at radius 2 is 2.11 bits per heavy atom. The van der Waals surface area contributed by atoms with Crippen LogP contribution in [-0.2, 0) is 6.54 Å². The largest absolute Gasteiger partial charge is 0.389 e. The minimum absolute atomic E-state index is 0.302. The van der Waals surface area contributed by atoms with E-state index in [2.05, 4.69) is 0 Å². The van der Waals surface area contributed by atoms with Crippen molar-refractivity contribution in [3.05, 3.63) is 35.1 Å². The van der Waals surface area contributed by atoms with E-state index in [1.807, 2.05) is 18.0 Å². The van der Waals surface area contributed by atoms with Gasteiger partial charge in [0.25, 0.3) is 0 Å². The van der Waals surface area contributed by atoms with Crippen LogP contribution in [0.4, 0.5) is 4.39 Å². The molecule has 1 fully saturated rings. The minimum Gasteiger partial charge on any atom is -0.389 e. The molecule has 19 heavy (non-hydrogen) atoms. The van der Waals surface area contributed by atoms with Crippen LogP contribution in [0.15, 0.2) is 18.2 Å². The smallest absolute Gasteiger partial charge is 0.127 e. The molecule has 1 N–H and O–H groups in total. The van der Waals surface area contributed by atoms with E-state index in [0.29, 0.717) is 24.2 Å². The van der Waals surface area contributed by atoms with E-state index in [4.69, 9.17) is 5.26 Å². The highest BCUT2D eigenvalue weighted by molar-refractivity contribution is 5.33. The molecule has 1 aliphatic rings. The molecule has 4 heteroatoms. The summed E-state index contributed by atoms with van der Waals surface area (Å²) in [6.07, 6.45) is 3.75. The number of rotatable bonds is 4. The van der Waals surface area contributed by atoms with Gasteiger partial charge >= 0.3 is 0 Å². The van der Waals surface area contributed by atoms with Crippen molar-refractivity contribution in [2.45, 2.75) is 37.8 Å². The molecule has 0 amide bonds. The van der Waals surface area contributed by atoms with Gasteiger partial charge in [-0.15, -0.1) is 0 Å². The SMILES string of the molecule is CN(Cc1cc(C#N)ccc1F)CC1(O)CCCC1. The van der Waals surface area contributed by atoms with Crippen molar-refractivity contribution in [3.8, 4) is 6.07 Å². The zero-order valence-corrected chi connectivity index (χ0v) is 11.2. The number of nitrogens with zero attached hydrogens (tertiary/aromatic N) is 2. The van der Waals surface area contributed by atoms with E-state index in [0.717, 1.165) is 25.7 Å². The van der Waals surface area contributed by atoms with Crippen LogP contribution in [0.5, 0.6) is 0 Å². The summed E-state index contributed by atoms with van der Waals surface area (Å²) >= 11 is 0. The van der Waals surface area contributed by atoms with Gasteiger partial charge in [-0.3, -0.25) is 4.90 Å². The molecule has 0 saturated heterocycles. The fraction of sp³-hybridized carbons (Fsp3) is 0.533. The number of halogens is 1. The Hall–Kier alpha value is -1.44. The molecule has 0 heterocycles. The average molecular weight is 262 g/mol. The molecule has 1 aliphatic carbocycles. The minimum atomic E-state index is -0.627. The summed E-state index contributed by atoms with van der Waals surface area (Å²) in [4.78, 5) is 1.92. The van der Waals surface area contributed by atoms with Crippen LogP contribution >= 0.6 is 0 Å². The topological polar surface area (TPSA) is 47.3 Å². The number of benzene rings is 1. The molecule has 3 nitrogen and oxygen atoms in total. The van der Waals surface area contributed by atoms with Crippen molar-refractivity contribution in [1.29, 1.82) is 5.26 Å². The van der Waals surface area contributed by atoms with Gasteiger partial charge in [-0.1, -0.05) is 12.8 Å². The van der Waals surface area contributed by atoms with Crippen LogP contribution in [0.25, 0.3) is 0 Å². The Bertz CT molecular complexity index is 489. The predicted octanol–water partition coefficient (Wildman–Crippen LogP) is 2.43. The number of likely N-dealkylation sites (N-methyl/N-ethyl adjacent to an activating group) is 1. The maximum atomic E-state index is 13.7. The maximum Gasteiger partial charge on any atom is 0.127 e. The highest BCUT2D eigenvalue weighted by Crippen LogP contribution is 2.30. The Labute approximate surface area is 113 Å². The first kappa shape index (κ1) is 14.0. The Morgan fingerprint density at radius 1 is 1.42 bits per heavy atom. The molecular weight excluding hydrogens is 243 g/mol. The number of nitriles is 1. The van der Waals surface area contributed by atoms with Gasteiger partial charge in [0.15, 0.2) is 0 Å². The molecule has 102 valence electrons. The van der Waals surface area contributed by atoms with Gasteiger partial charge in [0.2, 0.25) is 0 Å². The first-order valence-corrected chi connectivity index (χ1v) is 6.62. The fourth-order valence-corrected chi connectivity index (χ4v) is 2.81. The third-order valence-electron chi connectivity index (χ3n) is 3.71. The Balaban J connectivity index is 2.02. The molecule has 0 atom stereocenters. The van der Waals surface area contributed by atoms with Crippen LogP contribution in [0.3, 0.4) is 0 Å². The van der Waals surface area contributed by atoms with E-state index < -0.39 is 5.60 Å².